The molecule has 102 valence electrons. The summed E-state index contributed by atoms with van der Waals surface area (Å²) in [6.45, 7) is 0.840. The average Bonchev–Trinajstić information content (AvgIpc) is 3.14. The molecule has 1 aliphatic heterocycles. The van der Waals surface area contributed by atoms with Crippen molar-refractivity contribution in [2.45, 2.75) is 25.5 Å². The van der Waals surface area contributed by atoms with Gasteiger partial charge >= 0.3 is 0 Å². The van der Waals surface area contributed by atoms with Gasteiger partial charge in [0.05, 0.1) is 6.20 Å². The third-order valence-electron chi connectivity index (χ3n) is 3.95. The zero-order valence-corrected chi connectivity index (χ0v) is 11.2. The van der Waals surface area contributed by atoms with Crippen molar-refractivity contribution in [3.63, 3.8) is 0 Å². The van der Waals surface area contributed by atoms with E-state index in [-0.39, 0.29) is 6.23 Å². The van der Waals surface area contributed by atoms with Gasteiger partial charge in [0.1, 0.15) is 6.23 Å². The Bertz CT molecular complexity index is 722. The smallest absolute Gasteiger partial charge is 0.150 e. The summed E-state index contributed by atoms with van der Waals surface area (Å²) in [6.07, 6.45) is 9.59. The lowest BCUT2D eigenvalue weighted by atomic mass is 10.1. The highest BCUT2D eigenvalue weighted by Gasteiger charge is 2.17. The first-order valence-electron chi connectivity index (χ1n) is 7.14. The monoisotopic (exact) mass is 267 g/mol. The van der Waals surface area contributed by atoms with Gasteiger partial charge in [0.25, 0.3) is 0 Å². The number of hydrogen-bond donors (Lipinski definition) is 1. The predicted molar refractivity (Wildman–Crippen MR) is 78.4 cm³/mol. The molecule has 4 nitrogen and oxygen atoms in total. The van der Waals surface area contributed by atoms with Gasteiger partial charge in [0.15, 0.2) is 0 Å². The van der Waals surface area contributed by atoms with Crippen LogP contribution >= 0.6 is 0 Å². The molecule has 1 aliphatic rings. The Hall–Kier alpha value is -2.07. The van der Waals surface area contributed by atoms with E-state index in [0.29, 0.717) is 0 Å². The van der Waals surface area contributed by atoms with Gasteiger partial charge in [-0.2, -0.15) is 5.10 Å². The van der Waals surface area contributed by atoms with Crippen LogP contribution in [0, 0.1) is 0 Å². The fourth-order valence-electron chi connectivity index (χ4n) is 2.88. The number of hydrogen-bond acceptors (Lipinski definition) is 2. The zero-order chi connectivity index (χ0) is 13.4. The Morgan fingerprint density at radius 3 is 3.10 bits per heavy atom. The van der Waals surface area contributed by atoms with Gasteiger partial charge in [-0.3, -0.25) is 0 Å². The number of ether oxygens (including phenoxy) is 1. The molecule has 3 heterocycles. The number of nitrogens with zero attached hydrogens (tertiary/aromatic N) is 2. The molecular formula is C16H17N3O. The maximum atomic E-state index is 5.77. The molecule has 1 unspecified atom stereocenters. The van der Waals surface area contributed by atoms with Gasteiger partial charge in [-0.1, -0.05) is 18.2 Å². The maximum absolute atomic E-state index is 5.77. The fraction of sp³-hybridized carbons (Fsp3) is 0.312. The molecule has 4 rings (SSSR count). The first-order chi connectivity index (χ1) is 9.92. The minimum Gasteiger partial charge on any atom is -0.361 e. The summed E-state index contributed by atoms with van der Waals surface area (Å²) in [5.41, 5.74) is 3.49. The Morgan fingerprint density at radius 1 is 1.25 bits per heavy atom. The van der Waals surface area contributed by atoms with Crippen molar-refractivity contribution >= 4 is 10.9 Å². The van der Waals surface area contributed by atoms with Crippen LogP contribution in [0.15, 0.2) is 42.9 Å². The van der Waals surface area contributed by atoms with E-state index in [2.05, 4.69) is 34.5 Å². The van der Waals surface area contributed by atoms with Crippen LogP contribution in [-0.2, 0) is 4.74 Å². The molecule has 0 radical (unpaired) electrons. The van der Waals surface area contributed by atoms with Gasteiger partial charge in [-0.25, -0.2) is 4.68 Å². The van der Waals surface area contributed by atoms with E-state index >= 15 is 0 Å². The minimum absolute atomic E-state index is 0.0997. The van der Waals surface area contributed by atoms with Crippen molar-refractivity contribution in [1.29, 1.82) is 0 Å². The van der Waals surface area contributed by atoms with Gasteiger partial charge in [-0.05, 0) is 25.3 Å². The molecule has 3 aromatic rings. The number of H-pyrrole nitrogens is 1. The van der Waals surface area contributed by atoms with E-state index in [4.69, 9.17) is 4.74 Å². The topological polar surface area (TPSA) is 42.8 Å². The average molecular weight is 267 g/mol. The largest absolute Gasteiger partial charge is 0.361 e. The van der Waals surface area contributed by atoms with Crippen LogP contribution < -0.4 is 0 Å². The number of para-hydroxylation sites is 1. The van der Waals surface area contributed by atoms with Crippen molar-refractivity contribution in [2.75, 3.05) is 6.61 Å². The molecule has 0 aliphatic carbocycles. The van der Waals surface area contributed by atoms with Gasteiger partial charge in [-0.15, -0.1) is 0 Å². The minimum atomic E-state index is 0.0997. The fourth-order valence-corrected chi connectivity index (χ4v) is 2.88. The number of fused-ring (bicyclic) bond motifs is 1. The van der Waals surface area contributed by atoms with Crippen LogP contribution in [0.4, 0.5) is 0 Å². The number of aromatic nitrogens is 3. The standard InChI is InChI=1S/C16H17N3O/c1-2-6-15-13(5-1)14(10-17-15)12-9-18-19(11-12)16-7-3-4-8-20-16/h1-2,5-6,9-11,16-17H,3-4,7-8H2. The zero-order valence-electron chi connectivity index (χ0n) is 11.2. The molecule has 1 saturated heterocycles. The Labute approximate surface area is 117 Å². The summed E-state index contributed by atoms with van der Waals surface area (Å²) in [6, 6.07) is 8.33. The molecular weight excluding hydrogens is 250 g/mol. The summed E-state index contributed by atoms with van der Waals surface area (Å²) < 4.78 is 7.73. The van der Waals surface area contributed by atoms with Crippen molar-refractivity contribution < 1.29 is 4.74 Å². The maximum Gasteiger partial charge on any atom is 0.150 e. The Morgan fingerprint density at radius 2 is 2.20 bits per heavy atom. The molecule has 0 spiro atoms. The Balaban J connectivity index is 1.70. The summed E-state index contributed by atoms with van der Waals surface area (Å²) in [5, 5.41) is 5.71. The van der Waals surface area contributed by atoms with E-state index in [1.807, 2.05) is 23.1 Å². The van der Waals surface area contributed by atoms with Crippen molar-refractivity contribution in [1.82, 2.24) is 14.8 Å². The van der Waals surface area contributed by atoms with Crippen molar-refractivity contribution in [2.24, 2.45) is 0 Å². The highest BCUT2D eigenvalue weighted by atomic mass is 16.5. The summed E-state index contributed by atoms with van der Waals surface area (Å²) in [4.78, 5) is 3.31. The lowest BCUT2D eigenvalue weighted by molar-refractivity contribution is -0.0394. The van der Waals surface area contributed by atoms with Crippen LogP contribution in [0.3, 0.4) is 0 Å². The summed E-state index contributed by atoms with van der Waals surface area (Å²) in [5.74, 6) is 0. The quantitative estimate of drug-likeness (QED) is 0.768. The molecule has 4 heteroatoms. The second kappa shape index (κ2) is 4.80. The molecule has 2 aromatic heterocycles. The van der Waals surface area contributed by atoms with Crippen molar-refractivity contribution in [3.8, 4) is 11.1 Å². The van der Waals surface area contributed by atoms with E-state index in [9.17, 15) is 0 Å². The second-order valence-corrected chi connectivity index (χ2v) is 5.28. The predicted octanol–water partition coefficient (Wildman–Crippen LogP) is 3.73. The molecule has 1 N–H and O–H groups in total. The van der Waals surface area contributed by atoms with Gasteiger partial charge < -0.3 is 9.72 Å². The third kappa shape index (κ3) is 1.93. The number of benzene rings is 1. The second-order valence-electron chi connectivity index (χ2n) is 5.28. The van der Waals surface area contributed by atoms with E-state index in [1.165, 1.54) is 17.4 Å². The summed E-state index contributed by atoms with van der Waals surface area (Å²) in [7, 11) is 0. The number of nitrogens with one attached hydrogen (secondary N) is 1. The molecule has 0 bridgehead atoms. The molecule has 0 amide bonds. The van der Waals surface area contributed by atoms with Crippen LogP contribution in [0.1, 0.15) is 25.5 Å². The number of aromatic amines is 1. The van der Waals surface area contributed by atoms with Gasteiger partial charge in [0, 0.05) is 41.0 Å². The third-order valence-corrected chi connectivity index (χ3v) is 3.95. The molecule has 1 atom stereocenters. The highest BCUT2D eigenvalue weighted by molar-refractivity contribution is 5.95. The van der Waals surface area contributed by atoms with E-state index in [1.54, 1.807) is 0 Å². The lowest BCUT2D eigenvalue weighted by Crippen LogP contribution is -2.18. The van der Waals surface area contributed by atoms with Crippen LogP contribution in [0.5, 0.6) is 0 Å². The number of rotatable bonds is 2. The molecule has 20 heavy (non-hydrogen) atoms. The SMILES string of the molecule is c1ccc2c(-c3cnn(C4CCCCO4)c3)c[nH]c2c1. The first-order valence-corrected chi connectivity index (χ1v) is 7.14. The first kappa shape index (κ1) is 11.7. The van der Waals surface area contributed by atoms with E-state index < -0.39 is 0 Å². The summed E-state index contributed by atoms with van der Waals surface area (Å²) >= 11 is 0. The van der Waals surface area contributed by atoms with Crippen LogP contribution in [0.2, 0.25) is 0 Å². The van der Waals surface area contributed by atoms with Crippen LogP contribution in [-0.4, -0.2) is 21.4 Å². The Kier molecular flexibility index (Phi) is 2.81. The van der Waals surface area contributed by atoms with Gasteiger partial charge in [0.2, 0.25) is 0 Å². The highest BCUT2D eigenvalue weighted by Crippen LogP contribution is 2.30. The van der Waals surface area contributed by atoms with Crippen LogP contribution in [0.25, 0.3) is 22.0 Å². The molecule has 1 aromatic carbocycles. The van der Waals surface area contributed by atoms with Crippen molar-refractivity contribution in [3.05, 3.63) is 42.9 Å². The molecule has 0 saturated carbocycles. The lowest BCUT2D eigenvalue weighted by Gasteiger charge is -2.22. The van der Waals surface area contributed by atoms with E-state index in [0.717, 1.165) is 30.5 Å². The normalized spacial score (nSPS) is 19.5. The molecule has 1 fully saturated rings.